The minimum atomic E-state index is -0.185. The highest BCUT2D eigenvalue weighted by Gasteiger charge is 2.28. The number of nitrogens with zero attached hydrogens (tertiary/aromatic N) is 2. The van der Waals surface area contributed by atoms with Crippen LogP contribution in [0.15, 0.2) is 83.5 Å². The molecule has 2 aliphatic rings. The summed E-state index contributed by atoms with van der Waals surface area (Å²) < 4.78 is 22.4. The molecule has 8 heteroatoms. The van der Waals surface area contributed by atoms with Gasteiger partial charge in [0.15, 0.2) is 11.5 Å². The van der Waals surface area contributed by atoms with Gasteiger partial charge in [0.05, 0.1) is 18.9 Å². The van der Waals surface area contributed by atoms with Crippen LogP contribution in [0.25, 0.3) is 10.8 Å². The second kappa shape index (κ2) is 11.2. The van der Waals surface area contributed by atoms with E-state index < -0.39 is 0 Å². The lowest BCUT2D eigenvalue weighted by Gasteiger charge is -2.29. The van der Waals surface area contributed by atoms with E-state index in [4.69, 9.17) is 18.6 Å². The largest absolute Gasteiger partial charge is 0.467 e. The van der Waals surface area contributed by atoms with Crippen LogP contribution in [0.1, 0.15) is 34.5 Å². The standard InChI is InChI=1S/C31H30N2O6/c34-30(32(18-24-8-4-14-36-24)17-22-12-13-28-29(16-22)39-21-38-28)20-33(19-25-9-5-15-37-25)31(35)27-11-3-7-23-6-1-2-10-26(23)27/h1-4,6-8,10-14,16,25H,5,9,15,17-21H2/t25-/m0/s1. The van der Waals surface area contributed by atoms with E-state index in [9.17, 15) is 9.59 Å². The van der Waals surface area contributed by atoms with E-state index in [-0.39, 0.29) is 37.8 Å². The SMILES string of the molecule is O=C(CN(C[C@@H]1CCCO1)C(=O)c1cccc2ccccc12)N(Cc1ccc2c(c1)OCO2)Cc1ccco1. The van der Waals surface area contributed by atoms with Crippen LogP contribution in [0.2, 0.25) is 0 Å². The summed E-state index contributed by atoms with van der Waals surface area (Å²) in [4.78, 5) is 31.2. The van der Waals surface area contributed by atoms with E-state index in [0.29, 0.717) is 42.5 Å². The molecule has 3 heterocycles. The predicted octanol–water partition coefficient (Wildman–Crippen LogP) is 5.01. The molecular formula is C31H30N2O6. The maximum Gasteiger partial charge on any atom is 0.255 e. The normalized spacial score (nSPS) is 15.9. The first-order valence-electron chi connectivity index (χ1n) is 13.2. The first-order chi connectivity index (χ1) is 19.1. The lowest BCUT2D eigenvalue weighted by Crippen LogP contribution is -2.45. The summed E-state index contributed by atoms with van der Waals surface area (Å²) in [6, 6.07) is 22.8. The van der Waals surface area contributed by atoms with Crippen LogP contribution in [0, 0.1) is 0 Å². The fourth-order valence-electron chi connectivity index (χ4n) is 5.18. The van der Waals surface area contributed by atoms with Crippen molar-refractivity contribution in [2.75, 3.05) is 26.5 Å². The van der Waals surface area contributed by atoms with Crippen LogP contribution in [0.3, 0.4) is 0 Å². The predicted molar refractivity (Wildman–Crippen MR) is 144 cm³/mol. The van der Waals surface area contributed by atoms with Crippen molar-refractivity contribution in [3.8, 4) is 11.5 Å². The van der Waals surface area contributed by atoms with Gasteiger partial charge in [0, 0.05) is 25.3 Å². The van der Waals surface area contributed by atoms with Gasteiger partial charge in [-0.1, -0.05) is 42.5 Å². The fourth-order valence-corrected chi connectivity index (χ4v) is 5.18. The smallest absolute Gasteiger partial charge is 0.255 e. The molecule has 4 aromatic rings. The minimum absolute atomic E-state index is 0.0762. The Kier molecular flexibility index (Phi) is 7.19. The summed E-state index contributed by atoms with van der Waals surface area (Å²) in [7, 11) is 0. The van der Waals surface area contributed by atoms with Gasteiger partial charge in [-0.25, -0.2) is 0 Å². The van der Waals surface area contributed by atoms with Gasteiger partial charge < -0.3 is 28.4 Å². The monoisotopic (exact) mass is 526 g/mol. The van der Waals surface area contributed by atoms with Crippen molar-refractivity contribution in [2.24, 2.45) is 0 Å². The molecule has 0 aliphatic carbocycles. The third kappa shape index (κ3) is 5.61. The van der Waals surface area contributed by atoms with Crippen molar-refractivity contribution in [1.29, 1.82) is 0 Å². The summed E-state index contributed by atoms with van der Waals surface area (Å²) in [6.45, 7) is 1.73. The fraction of sp³-hybridized carbons (Fsp3) is 0.290. The molecule has 0 N–H and O–H groups in total. The van der Waals surface area contributed by atoms with E-state index in [1.54, 1.807) is 22.1 Å². The van der Waals surface area contributed by atoms with Gasteiger partial charge in [0.1, 0.15) is 12.3 Å². The Morgan fingerprint density at radius 2 is 1.74 bits per heavy atom. The Morgan fingerprint density at radius 1 is 0.872 bits per heavy atom. The molecule has 39 heavy (non-hydrogen) atoms. The Morgan fingerprint density at radius 3 is 2.59 bits per heavy atom. The van der Waals surface area contributed by atoms with Crippen molar-refractivity contribution in [3.05, 3.63) is 95.9 Å². The Hall–Kier alpha value is -4.30. The van der Waals surface area contributed by atoms with Crippen molar-refractivity contribution in [2.45, 2.75) is 32.0 Å². The highest BCUT2D eigenvalue weighted by atomic mass is 16.7. The van der Waals surface area contributed by atoms with Crippen LogP contribution < -0.4 is 9.47 Å². The first-order valence-corrected chi connectivity index (χ1v) is 13.2. The van der Waals surface area contributed by atoms with Gasteiger partial charge in [0.25, 0.3) is 5.91 Å². The van der Waals surface area contributed by atoms with Crippen LogP contribution in [0.4, 0.5) is 0 Å². The molecule has 200 valence electrons. The molecule has 1 aromatic heterocycles. The third-order valence-electron chi connectivity index (χ3n) is 7.17. The highest BCUT2D eigenvalue weighted by molar-refractivity contribution is 6.07. The average Bonchev–Trinajstić information content (AvgIpc) is 3.75. The Labute approximate surface area is 226 Å². The number of benzene rings is 3. The minimum Gasteiger partial charge on any atom is -0.467 e. The van der Waals surface area contributed by atoms with E-state index >= 15 is 0 Å². The second-order valence-electron chi connectivity index (χ2n) is 9.86. The molecule has 1 saturated heterocycles. The van der Waals surface area contributed by atoms with Crippen LogP contribution in [-0.2, 0) is 22.6 Å². The van der Waals surface area contributed by atoms with E-state index in [2.05, 4.69) is 0 Å². The van der Waals surface area contributed by atoms with Crippen LogP contribution in [0.5, 0.6) is 11.5 Å². The zero-order valence-electron chi connectivity index (χ0n) is 21.6. The van der Waals surface area contributed by atoms with Crippen molar-refractivity contribution < 1.29 is 28.2 Å². The van der Waals surface area contributed by atoms with Gasteiger partial charge in [-0.3, -0.25) is 9.59 Å². The van der Waals surface area contributed by atoms with E-state index in [1.165, 1.54) is 0 Å². The summed E-state index contributed by atoms with van der Waals surface area (Å²) in [6.07, 6.45) is 3.31. The lowest BCUT2D eigenvalue weighted by atomic mass is 10.0. The van der Waals surface area contributed by atoms with E-state index in [1.807, 2.05) is 66.7 Å². The molecule has 1 fully saturated rings. The summed E-state index contributed by atoms with van der Waals surface area (Å²) in [5, 5.41) is 1.84. The lowest BCUT2D eigenvalue weighted by molar-refractivity contribution is -0.133. The number of carbonyl (C=O) groups excluding carboxylic acids is 2. The molecule has 8 nitrogen and oxygen atoms in total. The molecular weight excluding hydrogens is 496 g/mol. The number of hydrogen-bond acceptors (Lipinski definition) is 6. The molecule has 0 spiro atoms. The molecule has 6 rings (SSSR count). The Balaban J connectivity index is 1.27. The number of amides is 2. The van der Waals surface area contributed by atoms with Crippen molar-refractivity contribution in [1.82, 2.24) is 9.80 Å². The Bertz CT molecular complexity index is 1460. The number of fused-ring (bicyclic) bond motifs is 2. The first kappa shape index (κ1) is 25.0. The average molecular weight is 527 g/mol. The third-order valence-corrected chi connectivity index (χ3v) is 7.17. The molecule has 2 amide bonds. The molecule has 0 radical (unpaired) electrons. The zero-order chi connectivity index (χ0) is 26.6. The number of hydrogen-bond donors (Lipinski definition) is 0. The van der Waals surface area contributed by atoms with Gasteiger partial charge in [-0.2, -0.15) is 0 Å². The maximum absolute atomic E-state index is 14.0. The topological polar surface area (TPSA) is 81.5 Å². The van der Waals surface area contributed by atoms with Gasteiger partial charge in [-0.15, -0.1) is 0 Å². The van der Waals surface area contributed by atoms with Crippen LogP contribution in [-0.4, -0.2) is 54.2 Å². The molecule has 0 unspecified atom stereocenters. The molecule has 2 aliphatic heterocycles. The van der Waals surface area contributed by atoms with E-state index in [0.717, 1.165) is 29.2 Å². The zero-order valence-corrected chi connectivity index (χ0v) is 21.6. The summed E-state index contributed by atoms with van der Waals surface area (Å²) >= 11 is 0. The van der Waals surface area contributed by atoms with Crippen LogP contribution >= 0.6 is 0 Å². The molecule has 0 saturated carbocycles. The number of rotatable bonds is 9. The van der Waals surface area contributed by atoms with Gasteiger partial charge in [-0.05, 0) is 59.5 Å². The maximum atomic E-state index is 14.0. The quantitative estimate of drug-likeness (QED) is 0.305. The van der Waals surface area contributed by atoms with Crippen molar-refractivity contribution >= 4 is 22.6 Å². The second-order valence-corrected chi connectivity index (χ2v) is 9.86. The van der Waals surface area contributed by atoms with Gasteiger partial charge >= 0.3 is 0 Å². The highest BCUT2D eigenvalue weighted by Crippen LogP contribution is 2.33. The molecule has 3 aromatic carbocycles. The number of carbonyl (C=O) groups is 2. The number of furan rings is 1. The number of ether oxygens (including phenoxy) is 3. The summed E-state index contributed by atoms with van der Waals surface area (Å²) in [5.41, 5.74) is 1.47. The molecule has 0 bridgehead atoms. The summed E-state index contributed by atoms with van der Waals surface area (Å²) in [5.74, 6) is 1.64. The van der Waals surface area contributed by atoms with Gasteiger partial charge in [0.2, 0.25) is 12.7 Å². The molecule has 1 atom stereocenters. The van der Waals surface area contributed by atoms with Crippen molar-refractivity contribution in [3.63, 3.8) is 0 Å².